The maximum atomic E-state index is 14.1. The van der Waals surface area contributed by atoms with Crippen molar-refractivity contribution in [3.8, 4) is 0 Å². The molecule has 1 fully saturated rings. The zero-order valence-electron chi connectivity index (χ0n) is 10.00. The van der Waals surface area contributed by atoms with Crippen LogP contribution in [0.3, 0.4) is 0 Å². The first-order valence-electron chi connectivity index (χ1n) is 5.98. The number of alkyl halides is 2. The lowest BCUT2D eigenvalue weighted by molar-refractivity contribution is -0.0499. The topological polar surface area (TPSA) is 15.3 Å². The molecule has 2 rings (SSSR count). The highest BCUT2D eigenvalue weighted by Crippen LogP contribution is 2.29. The number of rotatable bonds is 3. The minimum atomic E-state index is -2.77. The molecule has 1 aliphatic heterocycles. The third-order valence-corrected chi connectivity index (χ3v) is 3.24. The Balaban J connectivity index is 2.06. The third-order valence-electron chi connectivity index (χ3n) is 3.24. The molecule has 17 heavy (non-hydrogen) atoms. The van der Waals surface area contributed by atoms with E-state index in [1.165, 1.54) is 12.1 Å². The minimum absolute atomic E-state index is 0.103. The molecule has 1 aromatic carbocycles. The van der Waals surface area contributed by atoms with E-state index < -0.39 is 5.92 Å². The first kappa shape index (κ1) is 12.5. The molecule has 1 heterocycles. The summed E-state index contributed by atoms with van der Waals surface area (Å²) in [6.45, 7) is 4.04. The average Bonchev–Trinajstić information content (AvgIpc) is 2.33. The average molecular weight is 240 g/mol. The number of benzene rings is 1. The van der Waals surface area contributed by atoms with Crippen molar-refractivity contribution in [1.29, 1.82) is 0 Å². The van der Waals surface area contributed by atoms with Crippen LogP contribution in [0.5, 0.6) is 0 Å². The van der Waals surface area contributed by atoms with E-state index in [-0.39, 0.29) is 18.2 Å². The molecule has 0 amide bonds. The second kappa shape index (κ2) is 5.10. The van der Waals surface area contributed by atoms with Crippen LogP contribution in [0.1, 0.15) is 12.5 Å². The van der Waals surface area contributed by atoms with Gasteiger partial charge in [-0.2, -0.15) is 8.78 Å². The number of nitrogens with zero attached hydrogens (tertiary/aromatic N) is 1. The predicted octanol–water partition coefficient (Wildman–Crippen LogP) is 2.07. The number of nitrogens with one attached hydrogen (secondary N) is 1. The maximum Gasteiger partial charge on any atom is 0.285 e. The van der Waals surface area contributed by atoms with Gasteiger partial charge in [-0.25, -0.2) is 0 Å². The largest absolute Gasteiger partial charge is 0.314 e. The summed E-state index contributed by atoms with van der Waals surface area (Å²) in [5.74, 6) is -2.77. The van der Waals surface area contributed by atoms with Gasteiger partial charge in [0.15, 0.2) is 0 Å². The van der Waals surface area contributed by atoms with Gasteiger partial charge in [0.1, 0.15) is 0 Å². The molecule has 0 bridgehead atoms. The van der Waals surface area contributed by atoms with Gasteiger partial charge in [0.05, 0.1) is 6.54 Å². The van der Waals surface area contributed by atoms with Crippen molar-refractivity contribution in [2.75, 3.05) is 26.2 Å². The minimum Gasteiger partial charge on any atom is -0.314 e. The Bertz CT molecular complexity index is 354. The zero-order valence-corrected chi connectivity index (χ0v) is 10.00. The number of halogens is 2. The van der Waals surface area contributed by atoms with Crippen LogP contribution in [0.25, 0.3) is 0 Å². The van der Waals surface area contributed by atoms with E-state index in [1.54, 1.807) is 18.2 Å². The van der Waals surface area contributed by atoms with Crippen LogP contribution in [-0.4, -0.2) is 37.1 Å². The van der Waals surface area contributed by atoms with E-state index in [2.05, 4.69) is 5.32 Å². The molecular formula is C13H18F2N2. The normalized spacial score (nSPS) is 22.6. The molecule has 0 radical (unpaired) electrons. The molecule has 1 atom stereocenters. The van der Waals surface area contributed by atoms with Crippen LogP contribution in [0.4, 0.5) is 8.78 Å². The molecule has 1 aliphatic rings. The van der Waals surface area contributed by atoms with Gasteiger partial charge in [-0.15, -0.1) is 0 Å². The SMILES string of the molecule is C[C@@H]1CNCCN1CC(F)(F)c1ccccc1. The summed E-state index contributed by atoms with van der Waals surface area (Å²) < 4.78 is 28.1. The van der Waals surface area contributed by atoms with Gasteiger partial charge in [0, 0.05) is 31.2 Å². The summed E-state index contributed by atoms with van der Waals surface area (Å²) in [7, 11) is 0. The second-order valence-corrected chi connectivity index (χ2v) is 4.59. The summed E-state index contributed by atoms with van der Waals surface area (Å²) in [5.41, 5.74) is 0.103. The number of hydrogen-bond acceptors (Lipinski definition) is 2. The van der Waals surface area contributed by atoms with Crippen LogP contribution in [0.2, 0.25) is 0 Å². The van der Waals surface area contributed by atoms with Crippen LogP contribution < -0.4 is 5.32 Å². The van der Waals surface area contributed by atoms with Gasteiger partial charge in [0.25, 0.3) is 5.92 Å². The quantitative estimate of drug-likeness (QED) is 0.870. The van der Waals surface area contributed by atoms with E-state index in [0.29, 0.717) is 6.54 Å². The van der Waals surface area contributed by atoms with Crippen LogP contribution in [-0.2, 0) is 5.92 Å². The molecule has 0 spiro atoms. The fourth-order valence-corrected chi connectivity index (χ4v) is 2.15. The van der Waals surface area contributed by atoms with Crippen LogP contribution >= 0.6 is 0 Å². The molecule has 0 unspecified atom stereocenters. The van der Waals surface area contributed by atoms with Crippen LogP contribution in [0, 0.1) is 0 Å². The number of piperazine rings is 1. The summed E-state index contributed by atoms with van der Waals surface area (Å²) in [6, 6.07) is 8.22. The Hall–Kier alpha value is -1.00. The van der Waals surface area contributed by atoms with Crippen LogP contribution in [0.15, 0.2) is 30.3 Å². The molecule has 94 valence electrons. The fourth-order valence-electron chi connectivity index (χ4n) is 2.15. The lowest BCUT2D eigenvalue weighted by Gasteiger charge is -2.36. The van der Waals surface area contributed by atoms with Gasteiger partial charge < -0.3 is 5.32 Å². The van der Waals surface area contributed by atoms with Gasteiger partial charge >= 0.3 is 0 Å². The first-order valence-corrected chi connectivity index (χ1v) is 5.98. The lowest BCUT2D eigenvalue weighted by Crippen LogP contribution is -2.52. The smallest absolute Gasteiger partial charge is 0.285 e. The highest BCUT2D eigenvalue weighted by atomic mass is 19.3. The Morgan fingerprint density at radius 3 is 2.71 bits per heavy atom. The van der Waals surface area contributed by atoms with E-state index in [0.717, 1.165) is 13.1 Å². The molecule has 2 nitrogen and oxygen atoms in total. The summed E-state index contributed by atoms with van der Waals surface area (Å²) >= 11 is 0. The maximum absolute atomic E-state index is 14.1. The molecule has 0 aromatic heterocycles. The van der Waals surface area contributed by atoms with Crippen molar-refractivity contribution in [2.24, 2.45) is 0 Å². The monoisotopic (exact) mass is 240 g/mol. The molecule has 0 saturated carbocycles. The summed E-state index contributed by atoms with van der Waals surface area (Å²) in [5, 5.41) is 3.20. The fraction of sp³-hybridized carbons (Fsp3) is 0.538. The highest BCUT2D eigenvalue weighted by molar-refractivity contribution is 5.20. The summed E-state index contributed by atoms with van der Waals surface area (Å²) in [4.78, 5) is 1.85. The lowest BCUT2D eigenvalue weighted by atomic mass is 10.1. The highest BCUT2D eigenvalue weighted by Gasteiger charge is 2.35. The van der Waals surface area contributed by atoms with Gasteiger partial charge in [-0.05, 0) is 6.92 Å². The molecular weight excluding hydrogens is 222 g/mol. The standard InChI is InChI=1S/C13H18F2N2/c1-11-9-16-7-8-17(11)10-13(14,15)12-5-3-2-4-6-12/h2-6,11,16H,7-10H2,1H3/t11-/m1/s1. The van der Waals surface area contributed by atoms with Gasteiger partial charge in [-0.1, -0.05) is 30.3 Å². The second-order valence-electron chi connectivity index (χ2n) is 4.59. The molecule has 4 heteroatoms. The van der Waals surface area contributed by atoms with E-state index >= 15 is 0 Å². The Labute approximate surface area is 101 Å². The van der Waals surface area contributed by atoms with Crippen molar-refractivity contribution in [2.45, 2.75) is 18.9 Å². The first-order chi connectivity index (χ1) is 8.09. The van der Waals surface area contributed by atoms with Gasteiger partial charge in [0.2, 0.25) is 0 Å². The molecule has 1 N–H and O–H groups in total. The Kier molecular flexibility index (Phi) is 3.74. The van der Waals surface area contributed by atoms with E-state index in [9.17, 15) is 8.78 Å². The van der Waals surface area contributed by atoms with E-state index in [4.69, 9.17) is 0 Å². The molecule has 1 aromatic rings. The Morgan fingerprint density at radius 2 is 2.06 bits per heavy atom. The molecule has 0 aliphatic carbocycles. The Morgan fingerprint density at radius 1 is 1.35 bits per heavy atom. The van der Waals surface area contributed by atoms with E-state index in [1.807, 2.05) is 11.8 Å². The number of hydrogen-bond donors (Lipinski definition) is 1. The van der Waals surface area contributed by atoms with Gasteiger partial charge in [-0.3, -0.25) is 4.90 Å². The molecule has 1 saturated heterocycles. The van der Waals surface area contributed by atoms with Crippen molar-refractivity contribution in [3.63, 3.8) is 0 Å². The van der Waals surface area contributed by atoms with Crippen molar-refractivity contribution in [3.05, 3.63) is 35.9 Å². The third kappa shape index (κ3) is 3.01. The van der Waals surface area contributed by atoms with Crippen molar-refractivity contribution in [1.82, 2.24) is 10.2 Å². The van der Waals surface area contributed by atoms with Crippen molar-refractivity contribution < 1.29 is 8.78 Å². The predicted molar refractivity (Wildman–Crippen MR) is 64.2 cm³/mol. The summed E-state index contributed by atoms with van der Waals surface area (Å²) in [6.07, 6.45) is 0. The zero-order chi connectivity index (χ0) is 12.3. The van der Waals surface area contributed by atoms with Crippen molar-refractivity contribution >= 4 is 0 Å².